The zero-order chi connectivity index (χ0) is 8.27. The monoisotopic (exact) mass is 374 g/mol. The maximum atomic E-state index is 8.73. The molecule has 0 atom stereocenters. The third-order valence-electron chi connectivity index (χ3n) is 1.39. The van der Waals surface area contributed by atoms with Crippen LogP contribution >= 0.6 is 45.2 Å². The number of hydrogen-bond donors (Lipinski definition) is 1. The molecule has 0 saturated carbocycles. The molecule has 1 N–H and O–H groups in total. The Morgan fingerprint density at radius 3 is 2.64 bits per heavy atom. The van der Waals surface area contributed by atoms with Gasteiger partial charge in [-0.3, -0.25) is 0 Å². The fourth-order valence-electron chi connectivity index (χ4n) is 0.855. The van der Waals surface area contributed by atoms with Crippen LogP contribution in [-0.2, 0) is 6.42 Å². The molecule has 60 valence electrons. The number of halogens is 2. The van der Waals surface area contributed by atoms with Crippen LogP contribution in [0, 0.1) is 7.14 Å². The van der Waals surface area contributed by atoms with E-state index in [-0.39, 0.29) is 6.61 Å². The summed E-state index contributed by atoms with van der Waals surface area (Å²) in [5.41, 5.74) is 1.24. The molecule has 0 amide bonds. The van der Waals surface area contributed by atoms with Gasteiger partial charge in [0, 0.05) is 13.7 Å². The van der Waals surface area contributed by atoms with Gasteiger partial charge in [-0.1, -0.05) is 0 Å². The normalized spacial score (nSPS) is 10.1. The summed E-state index contributed by atoms with van der Waals surface area (Å²) in [6.07, 6.45) is 0.759. The lowest BCUT2D eigenvalue weighted by atomic mass is 10.2. The maximum absolute atomic E-state index is 8.73. The first-order chi connectivity index (χ1) is 5.24. The van der Waals surface area contributed by atoms with Crippen molar-refractivity contribution in [2.24, 2.45) is 0 Å². The lowest BCUT2D eigenvalue weighted by Crippen LogP contribution is -1.94. The zero-order valence-corrected chi connectivity index (χ0v) is 10.2. The van der Waals surface area contributed by atoms with Gasteiger partial charge in [-0.2, -0.15) is 0 Å². The fraction of sp³-hybridized carbons (Fsp3) is 0.250. The maximum Gasteiger partial charge on any atom is 0.0471 e. The van der Waals surface area contributed by atoms with E-state index in [9.17, 15) is 0 Å². The molecule has 0 bridgehead atoms. The van der Waals surface area contributed by atoms with Crippen molar-refractivity contribution in [2.45, 2.75) is 6.42 Å². The smallest absolute Gasteiger partial charge is 0.0471 e. The number of benzene rings is 1. The van der Waals surface area contributed by atoms with Crippen LogP contribution in [0.2, 0.25) is 0 Å². The Hall–Kier alpha value is 0.640. The summed E-state index contributed by atoms with van der Waals surface area (Å²) in [6, 6.07) is 6.26. The molecule has 0 heterocycles. The summed E-state index contributed by atoms with van der Waals surface area (Å²) in [5, 5.41) is 8.73. The number of aliphatic hydroxyl groups excluding tert-OH is 1. The molecule has 0 saturated heterocycles. The van der Waals surface area contributed by atoms with Gasteiger partial charge in [0.2, 0.25) is 0 Å². The minimum Gasteiger partial charge on any atom is -0.396 e. The first kappa shape index (κ1) is 9.73. The van der Waals surface area contributed by atoms with E-state index in [0.29, 0.717) is 0 Å². The van der Waals surface area contributed by atoms with E-state index in [1.54, 1.807) is 0 Å². The topological polar surface area (TPSA) is 20.2 Å². The molecule has 1 aromatic carbocycles. The van der Waals surface area contributed by atoms with Crippen LogP contribution < -0.4 is 0 Å². The molecular weight excluding hydrogens is 366 g/mol. The predicted molar refractivity (Wildman–Crippen MR) is 62.7 cm³/mol. The molecule has 0 aliphatic rings. The molecule has 1 nitrogen and oxygen atoms in total. The van der Waals surface area contributed by atoms with Gasteiger partial charge in [-0.05, 0) is 75.4 Å². The second kappa shape index (κ2) is 4.61. The van der Waals surface area contributed by atoms with Crippen LogP contribution in [0.25, 0.3) is 0 Å². The molecular formula is C8H8I2O. The summed E-state index contributed by atoms with van der Waals surface area (Å²) < 4.78 is 2.46. The van der Waals surface area contributed by atoms with E-state index in [1.807, 2.05) is 0 Å². The highest BCUT2D eigenvalue weighted by Gasteiger charge is 1.98. The molecule has 0 aliphatic heterocycles. The average molecular weight is 374 g/mol. The zero-order valence-electron chi connectivity index (χ0n) is 5.85. The minimum absolute atomic E-state index is 0.232. The van der Waals surface area contributed by atoms with Gasteiger partial charge in [0.05, 0.1) is 0 Å². The average Bonchev–Trinajstić information content (AvgIpc) is 1.98. The van der Waals surface area contributed by atoms with Crippen molar-refractivity contribution < 1.29 is 5.11 Å². The predicted octanol–water partition coefficient (Wildman–Crippen LogP) is 2.43. The molecule has 1 rings (SSSR count). The van der Waals surface area contributed by atoms with E-state index in [1.165, 1.54) is 12.7 Å². The number of aliphatic hydroxyl groups is 1. The SMILES string of the molecule is OCCc1cc(I)ccc1I. The Labute approximate surface area is 93.5 Å². The largest absolute Gasteiger partial charge is 0.396 e. The third-order valence-corrected chi connectivity index (χ3v) is 3.11. The molecule has 3 heteroatoms. The van der Waals surface area contributed by atoms with Gasteiger partial charge in [-0.25, -0.2) is 0 Å². The van der Waals surface area contributed by atoms with E-state index >= 15 is 0 Å². The highest BCUT2D eigenvalue weighted by Crippen LogP contribution is 2.15. The minimum atomic E-state index is 0.232. The molecule has 0 unspecified atom stereocenters. The first-order valence-corrected chi connectivity index (χ1v) is 5.44. The fourth-order valence-corrected chi connectivity index (χ4v) is 2.02. The molecule has 0 aliphatic carbocycles. The summed E-state index contributed by atoms with van der Waals surface area (Å²) in [4.78, 5) is 0. The second-order valence-corrected chi connectivity index (χ2v) is 4.62. The van der Waals surface area contributed by atoms with Gasteiger partial charge >= 0.3 is 0 Å². The van der Waals surface area contributed by atoms with E-state index in [0.717, 1.165) is 6.42 Å². The van der Waals surface area contributed by atoms with Crippen LogP contribution in [0.3, 0.4) is 0 Å². The van der Waals surface area contributed by atoms with Crippen molar-refractivity contribution >= 4 is 45.2 Å². The van der Waals surface area contributed by atoms with Crippen molar-refractivity contribution in [3.63, 3.8) is 0 Å². The Morgan fingerprint density at radius 2 is 2.00 bits per heavy atom. The highest BCUT2D eigenvalue weighted by molar-refractivity contribution is 14.1. The Kier molecular flexibility index (Phi) is 4.08. The van der Waals surface area contributed by atoms with Crippen LogP contribution in [0.5, 0.6) is 0 Å². The molecule has 0 fully saturated rings. The molecule has 0 aromatic heterocycles. The summed E-state index contributed by atoms with van der Waals surface area (Å²) in [7, 11) is 0. The van der Waals surface area contributed by atoms with Crippen LogP contribution in [0.4, 0.5) is 0 Å². The van der Waals surface area contributed by atoms with E-state index in [2.05, 4.69) is 63.4 Å². The lowest BCUT2D eigenvalue weighted by molar-refractivity contribution is 0.299. The van der Waals surface area contributed by atoms with Gasteiger partial charge in [0.15, 0.2) is 0 Å². The highest BCUT2D eigenvalue weighted by atomic mass is 127. The van der Waals surface area contributed by atoms with Gasteiger partial charge in [-0.15, -0.1) is 0 Å². The number of hydrogen-bond acceptors (Lipinski definition) is 1. The Morgan fingerprint density at radius 1 is 1.27 bits per heavy atom. The van der Waals surface area contributed by atoms with E-state index < -0.39 is 0 Å². The van der Waals surface area contributed by atoms with Crippen molar-refractivity contribution in [1.82, 2.24) is 0 Å². The van der Waals surface area contributed by atoms with Crippen molar-refractivity contribution in [2.75, 3.05) is 6.61 Å². The van der Waals surface area contributed by atoms with Crippen LogP contribution in [0.1, 0.15) is 5.56 Å². The standard InChI is InChI=1S/C8H8I2O/c9-7-1-2-8(10)6(5-7)3-4-11/h1-2,5,11H,3-4H2. The molecule has 11 heavy (non-hydrogen) atoms. The summed E-state index contributed by atoms with van der Waals surface area (Å²) in [5.74, 6) is 0. The van der Waals surface area contributed by atoms with Gasteiger partial charge < -0.3 is 5.11 Å². The molecule has 0 spiro atoms. The van der Waals surface area contributed by atoms with Crippen molar-refractivity contribution in [1.29, 1.82) is 0 Å². The second-order valence-electron chi connectivity index (χ2n) is 2.21. The molecule has 0 radical (unpaired) electrons. The Bertz CT molecular complexity index is 248. The summed E-state index contributed by atoms with van der Waals surface area (Å²) >= 11 is 4.56. The Balaban J connectivity index is 2.93. The van der Waals surface area contributed by atoms with Gasteiger partial charge in [0.1, 0.15) is 0 Å². The van der Waals surface area contributed by atoms with Crippen LogP contribution in [-0.4, -0.2) is 11.7 Å². The van der Waals surface area contributed by atoms with Gasteiger partial charge in [0.25, 0.3) is 0 Å². The van der Waals surface area contributed by atoms with E-state index in [4.69, 9.17) is 5.11 Å². The molecule has 1 aromatic rings. The quantitative estimate of drug-likeness (QED) is 0.789. The van der Waals surface area contributed by atoms with Crippen molar-refractivity contribution in [3.8, 4) is 0 Å². The van der Waals surface area contributed by atoms with Crippen molar-refractivity contribution in [3.05, 3.63) is 30.9 Å². The number of rotatable bonds is 2. The first-order valence-electron chi connectivity index (χ1n) is 3.29. The summed E-state index contributed by atoms with van der Waals surface area (Å²) in [6.45, 7) is 0.232. The lowest BCUT2D eigenvalue weighted by Gasteiger charge is -2.01. The van der Waals surface area contributed by atoms with Crippen LogP contribution in [0.15, 0.2) is 18.2 Å². The third kappa shape index (κ3) is 2.87.